The Bertz CT molecular complexity index is 593. The molecule has 0 heterocycles. The van der Waals surface area contributed by atoms with Gasteiger partial charge in [0.1, 0.15) is 5.82 Å². The van der Waals surface area contributed by atoms with Gasteiger partial charge in [0.25, 0.3) is 0 Å². The van der Waals surface area contributed by atoms with Gasteiger partial charge in [-0.1, -0.05) is 29.8 Å². The molecule has 3 rings (SSSR count). The molecule has 1 N–H and O–H groups in total. The molecular formula is C16H15ClFN. The average Bonchev–Trinajstić information content (AvgIpc) is 3.21. The fraction of sp³-hybridized carbons (Fsp3) is 0.250. The number of rotatable bonds is 4. The van der Waals surface area contributed by atoms with Gasteiger partial charge in [-0.25, -0.2) is 4.39 Å². The molecule has 0 radical (unpaired) electrons. The maximum atomic E-state index is 13.1. The monoisotopic (exact) mass is 275 g/mol. The zero-order valence-corrected chi connectivity index (χ0v) is 11.3. The third-order valence-electron chi connectivity index (χ3n) is 3.34. The molecule has 1 nitrogen and oxygen atoms in total. The van der Waals surface area contributed by atoms with Crippen LogP contribution in [0.25, 0.3) is 11.1 Å². The minimum atomic E-state index is -0.305. The summed E-state index contributed by atoms with van der Waals surface area (Å²) in [4.78, 5) is 0. The largest absolute Gasteiger partial charge is 0.310 e. The summed E-state index contributed by atoms with van der Waals surface area (Å²) in [5, 5.41) is 3.93. The summed E-state index contributed by atoms with van der Waals surface area (Å²) in [6.07, 6.45) is 2.56. The second-order valence-corrected chi connectivity index (χ2v) is 5.39. The minimum absolute atomic E-state index is 0.305. The SMILES string of the molecule is Fc1ccc(-c2cccc(CNC3CC3)c2)c(Cl)c1. The molecule has 0 aromatic heterocycles. The Hall–Kier alpha value is -1.38. The highest BCUT2D eigenvalue weighted by molar-refractivity contribution is 6.33. The molecule has 1 saturated carbocycles. The van der Waals surface area contributed by atoms with E-state index in [1.54, 1.807) is 6.07 Å². The van der Waals surface area contributed by atoms with Crippen molar-refractivity contribution in [3.8, 4) is 11.1 Å². The Morgan fingerprint density at radius 3 is 2.74 bits per heavy atom. The Morgan fingerprint density at radius 2 is 2.00 bits per heavy atom. The van der Waals surface area contributed by atoms with Gasteiger partial charge in [0.15, 0.2) is 0 Å². The van der Waals surface area contributed by atoms with Crippen LogP contribution in [-0.2, 0) is 6.54 Å². The molecule has 19 heavy (non-hydrogen) atoms. The smallest absolute Gasteiger partial charge is 0.124 e. The van der Waals surface area contributed by atoms with Crippen LogP contribution in [-0.4, -0.2) is 6.04 Å². The highest BCUT2D eigenvalue weighted by atomic mass is 35.5. The average molecular weight is 276 g/mol. The molecule has 1 fully saturated rings. The number of benzene rings is 2. The van der Waals surface area contributed by atoms with Crippen LogP contribution in [0.2, 0.25) is 5.02 Å². The van der Waals surface area contributed by atoms with Crippen molar-refractivity contribution in [1.29, 1.82) is 0 Å². The number of nitrogens with one attached hydrogen (secondary N) is 1. The Labute approximate surface area is 117 Å². The Kier molecular flexibility index (Phi) is 3.54. The number of halogens is 2. The summed E-state index contributed by atoms with van der Waals surface area (Å²) in [6, 6.07) is 13.4. The molecule has 0 spiro atoms. The fourth-order valence-corrected chi connectivity index (χ4v) is 2.40. The van der Waals surface area contributed by atoms with Crippen LogP contribution in [0.15, 0.2) is 42.5 Å². The van der Waals surface area contributed by atoms with Crippen LogP contribution in [0.5, 0.6) is 0 Å². The third-order valence-corrected chi connectivity index (χ3v) is 3.65. The Morgan fingerprint density at radius 1 is 1.16 bits per heavy atom. The van der Waals surface area contributed by atoms with Gasteiger partial charge < -0.3 is 5.32 Å². The van der Waals surface area contributed by atoms with Gasteiger partial charge in [-0.05, 0) is 48.2 Å². The lowest BCUT2D eigenvalue weighted by Crippen LogP contribution is -2.15. The summed E-state index contributed by atoms with van der Waals surface area (Å²) in [7, 11) is 0. The third kappa shape index (κ3) is 3.14. The molecule has 2 aromatic carbocycles. The quantitative estimate of drug-likeness (QED) is 0.872. The minimum Gasteiger partial charge on any atom is -0.310 e. The lowest BCUT2D eigenvalue weighted by molar-refractivity contribution is 0.628. The molecule has 0 amide bonds. The number of hydrogen-bond acceptors (Lipinski definition) is 1. The first kappa shape index (κ1) is 12.6. The fourth-order valence-electron chi connectivity index (χ4n) is 2.12. The van der Waals surface area contributed by atoms with Crippen molar-refractivity contribution in [2.45, 2.75) is 25.4 Å². The molecule has 0 aliphatic heterocycles. The zero-order chi connectivity index (χ0) is 13.2. The zero-order valence-electron chi connectivity index (χ0n) is 10.5. The summed E-state index contributed by atoms with van der Waals surface area (Å²) in [5.74, 6) is -0.305. The Balaban J connectivity index is 1.84. The van der Waals surface area contributed by atoms with Crippen LogP contribution in [0.3, 0.4) is 0 Å². The molecular weight excluding hydrogens is 261 g/mol. The van der Waals surface area contributed by atoms with E-state index in [4.69, 9.17) is 11.6 Å². The van der Waals surface area contributed by atoms with E-state index in [2.05, 4.69) is 17.4 Å². The predicted octanol–water partition coefficient (Wildman–Crippen LogP) is 4.40. The molecule has 0 bridgehead atoms. The van der Waals surface area contributed by atoms with Crippen molar-refractivity contribution in [3.05, 3.63) is 58.9 Å². The maximum Gasteiger partial charge on any atom is 0.124 e. The summed E-state index contributed by atoms with van der Waals surface area (Å²) < 4.78 is 13.1. The van der Waals surface area contributed by atoms with Crippen LogP contribution < -0.4 is 5.32 Å². The highest BCUT2D eigenvalue weighted by Gasteiger charge is 2.19. The number of hydrogen-bond donors (Lipinski definition) is 1. The van der Waals surface area contributed by atoms with Crippen LogP contribution in [0.4, 0.5) is 4.39 Å². The van der Waals surface area contributed by atoms with Crippen LogP contribution in [0.1, 0.15) is 18.4 Å². The van der Waals surface area contributed by atoms with E-state index in [1.807, 2.05) is 12.1 Å². The lowest BCUT2D eigenvalue weighted by Gasteiger charge is -2.08. The molecule has 3 heteroatoms. The second-order valence-electron chi connectivity index (χ2n) is 4.98. The summed E-state index contributed by atoms with van der Waals surface area (Å²) in [6.45, 7) is 0.872. The first-order chi connectivity index (χ1) is 9.22. The first-order valence-corrected chi connectivity index (χ1v) is 6.88. The molecule has 98 valence electrons. The van der Waals surface area contributed by atoms with E-state index in [0.29, 0.717) is 11.1 Å². The molecule has 1 aliphatic rings. The van der Waals surface area contributed by atoms with Gasteiger partial charge in [-0.15, -0.1) is 0 Å². The van der Waals surface area contributed by atoms with Crippen molar-refractivity contribution in [2.24, 2.45) is 0 Å². The molecule has 0 saturated heterocycles. The molecule has 0 atom stereocenters. The first-order valence-electron chi connectivity index (χ1n) is 6.50. The van der Waals surface area contributed by atoms with E-state index < -0.39 is 0 Å². The summed E-state index contributed by atoms with van der Waals surface area (Å²) in [5.41, 5.74) is 3.13. The normalized spacial score (nSPS) is 14.6. The molecule has 2 aromatic rings. The van der Waals surface area contributed by atoms with E-state index in [-0.39, 0.29) is 5.82 Å². The van der Waals surface area contributed by atoms with Crippen LogP contribution >= 0.6 is 11.6 Å². The summed E-state index contributed by atoms with van der Waals surface area (Å²) >= 11 is 6.10. The van der Waals surface area contributed by atoms with Crippen molar-refractivity contribution in [1.82, 2.24) is 5.32 Å². The molecule has 1 aliphatic carbocycles. The van der Waals surface area contributed by atoms with Crippen molar-refractivity contribution in [3.63, 3.8) is 0 Å². The van der Waals surface area contributed by atoms with E-state index in [1.165, 1.54) is 30.5 Å². The highest BCUT2D eigenvalue weighted by Crippen LogP contribution is 2.29. The van der Waals surface area contributed by atoms with E-state index >= 15 is 0 Å². The lowest BCUT2D eigenvalue weighted by atomic mass is 10.0. The predicted molar refractivity (Wildman–Crippen MR) is 76.7 cm³/mol. The van der Waals surface area contributed by atoms with Crippen molar-refractivity contribution >= 4 is 11.6 Å². The van der Waals surface area contributed by atoms with Crippen molar-refractivity contribution < 1.29 is 4.39 Å². The van der Waals surface area contributed by atoms with Crippen molar-refractivity contribution in [2.75, 3.05) is 0 Å². The van der Waals surface area contributed by atoms with Gasteiger partial charge >= 0.3 is 0 Å². The van der Waals surface area contributed by atoms with Gasteiger partial charge in [-0.2, -0.15) is 0 Å². The van der Waals surface area contributed by atoms with Gasteiger partial charge in [0.05, 0.1) is 5.02 Å². The standard InChI is InChI=1S/C16H15ClFN/c17-16-9-13(18)4-7-15(16)12-3-1-2-11(8-12)10-19-14-5-6-14/h1-4,7-9,14,19H,5-6,10H2. The molecule has 0 unspecified atom stereocenters. The topological polar surface area (TPSA) is 12.0 Å². The van der Waals surface area contributed by atoms with Crippen LogP contribution in [0, 0.1) is 5.82 Å². The van der Waals surface area contributed by atoms with Gasteiger partial charge in [0, 0.05) is 18.2 Å². The van der Waals surface area contributed by atoms with Gasteiger partial charge in [-0.3, -0.25) is 0 Å². The van der Waals surface area contributed by atoms with E-state index in [9.17, 15) is 4.39 Å². The second kappa shape index (κ2) is 5.32. The van der Waals surface area contributed by atoms with Gasteiger partial charge in [0.2, 0.25) is 0 Å². The van der Waals surface area contributed by atoms with E-state index in [0.717, 1.165) is 17.7 Å². The maximum absolute atomic E-state index is 13.1.